The highest BCUT2D eigenvalue weighted by atomic mass is 19.3. The van der Waals surface area contributed by atoms with Gasteiger partial charge in [-0.25, -0.2) is 18.7 Å². The van der Waals surface area contributed by atoms with Crippen molar-refractivity contribution >= 4 is 17.7 Å². The summed E-state index contributed by atoms with van der Waals surface area (Å²) in [6, 6.07) is 4.31. The number of nitrogens with zero attached hydrogens (tertiary/aromatic N) is 3. The maximum atomic E-state index is 13.1. The maximum Gasteiger partial charge on any atom is 0.340 e. The highest BCUT2D eigenvalue weighted by molar-refractivity contribution is 5.93. The quantitative estimate of drug-likeness (QED) is 0.267. The van der Waals surface area contributed by atoms with Crippen LogP contribution in [0.15, 0.2) is 35.6 Å². The van der Waals surface area contributed by atoms with Crippen molar-refractivity contribution in [2.45, 2.75) is 46.1 Å². The van der Waals surface area contributed by atoms with Gasteiger partial charge in [-0.3, -0.25) is 9.79 Å². The third kappa shape index (κ3) is 7.85. The lowest BCUT2D eigenvalue weighted by Gasteiger charge is -2.18. The van der Waals surface area contributed by atoms with Crippen LogP contribution in [0, 0.1) is 12.8 Å². The third-order valence-electron chi connectivity index (χ3n) is 4.55. The van der Waals surface area contributed by atoms with Crippen LogP contribution in [0.4, 0.5) is 23.4 Å². The van der Waals surface area contributed by atoms with Crippen molar-refractivity contribution in [3.8, 4) is 5.75 Å². The fraction of sp³-hybridized carbons (Fsp3) is 0.455. The predicted octanol–water partition coefficient (Wildman–Crippen LogP) is 3.94. The van der Waals surface area contributed by atoms with Crippen LogP contribution < -0.4 is 21.1 Å². The number of nitrogens with two attached hydrogens (primary N) is 1. The smallest absolute Gasteiger partial charge is 0.340 e. The molecule has 0 saturated carbocycles. The molecule has 186 valence electrons. The van der Waals surface area contributed by atoms with Gasteiger partial charge < -0.3 is 21.1 Å². The molecular weight excluding hydrogens is 456 g/mol. The van der Waals surface area contributed by atoms with E-state index in [9.17, 15) is 22.4 Å². The van der Waals surface area contributed by atoms with Gasteiger partial charge in [0.05, 0.1) is 12.2 Å². The van der Waals surface area contributed by atoms with Gasteiger partial charge in [0.2, 0.25) is 0 Å². The number of halogens is 4. The lowest BCUT2D eigenvalue weighted by atomic mass is 10.1. The van der Waals surface area contributed by atoms with Crippen LogP contribution >= 0.6 is 0 Å². The standard InChI is InChI=1S/C22H28F4N6O2/c1-12(2)9-30-21(27)32-18-8-15(5-6-28-18)14(4)31-19(33)16-7-13(3)17(10-29-16)34-11-22(25,26)20(23)24/h5-8,10,12,14,20H,9,11H2,1-4H3,(H,31,33)(H3,27,28,30,32). The summed E-state index contributed by atoms with van der Waals surface area (Å²) in [5.41, 5.74) is 6.89. The summed E-state index contributed by atoms with van der Waals surface area (Å²) >= 11 is 0. The molecule has 2 rings (SSSR count). The first-order valence-corrected chi connectivity index (χ1v) is 10.5. The molecule has 2 aromatic heterocycles. The van der Waals surface area contributed by atoms with Gasteiger partial charge in [0, 0.05) is 12.7 Å². The number of rotatable bonds is 10. The molecule has 0 bridgehead atoms. The van der Waals surface area contributed by atoms with Crippen LogP contribution in [-0.2, 0) is 0 Å². The van der Waals surface area contributed by atoms with Crippen LogP contribution in [0.1, 0.15) is 48.4 Å². The molecule has 0 spiro atoms. The van der Waals surface area contributed by atoms with Crippen molar-refractivity contribution < 1.29 is 27.1 Å². The van der Waals surface area contributed by atoms with E-state index in [1.807, 2.05) is 13.8 Å². The Morgan fingerprint density at radius 1 is 1.24 bits per heavy atom. The zero-order chi connectivity index (χ0) is 25.5. The van der Waals surface area contributed by atoms with Gasteiger partial charge in [-0.05, 0) is 49.1 Å². The number of carbonyl (C=O) groups is 1. The number of aryl methyl sites for hydroxylation is 1. The van der Waals surface area contributed by atoms with E-state index in [0.29, 0.717) is 23.8 Å². The fourth-order valence-corrected chi connectivity index (χ4v) is 2.65. The topological polar surface area (TPSA) is 115 Å². The van der Waals surface area contributed by atoms with E-state index in [4.69, 9.17) is 10.5 Å². The number of hydrogen-bond donors (Lipinski definition) is 3. The van der Waals surface area contributed by atoms with Gasteiger partial charge in [-0.1, -0.05) is 13.8 Å². The molecule has 8 nitrogen and oxygen atoms in total. The molecule has 4 N–H and O–H groups in total. The molecular formula is C22H28F4N6O2. The molecule has 0 aliphatic rings. The van der Waals surface area contributed by atoms with Crippen LogP contribution in [0.5, 0.6) is 5.75 Å². The van der Waals surface area contributed by atoms with Crippen molar-refractivity contribution in [2.75, 3.05) is 18.5 Å². The summed E-state index contributed by atoms with van der Waals surface area (Å²) in [7, 11) is 0. The lowest BCUT2D eigenvalue weighted by molar-refractivity contribution is -0.148. The molecule has 2 heterocycles. The molecule has 12 heteroatoms. The average Bonchev–Trinajstić information content (AvgIpc) is 2.76. The summed E-state index contributed by atoms with van der Waals surface area (Å²) in [4.78, 5) is 24.9. The van der Waals surface area contributed by atoms with Gasteiger partial charge >= 0.3 is 12.3 Å². The Kier molecular flexibility index (Phi) is 9.16. The van der Waals surface area contributed by atoms with Crippen LogP contribution in [0.2, 0.25) is 0 Å². The molecule has 0 fully saturated rings. The highest BCUT2D eigenvalue weighted by Crippen LogP contribution is 2.26. The number of carbonyl (C=O) groups excluding carboxylic acids is 1. The monoisotopic (exact) mass is 484 g/mol. The third-order valence-corrected chi connectivity index (χ3v) is 4.55. The molecule has 0 aliphatic carbocycles. The first-order chi connectivity index (χ1) is 15.9. The number of aliphatic imine (C=N–C) groups is 1. The van der Waals surface area contributed by atoms with Crippen LogP contribution in [0.3, 0.4) is 0 Å². The number of nitrogens with one attached hydrogen (secondary N) is 2. The van der Waals surface area contributed by atoms with E-state index in [-0.39, 0.29) is 17.4 Å². The Hall–Kier alpha value is -3.44. The van der Waals surface area contributed by atoms with E-state index >= 15 is 0 Å². The largest absolute Gasteiger partial charge is 0.485 e. The molecule has 34 heavy (non-hydrogen) atoms. The second-order valence-corrected chi connectivity index (χ2v) is 8.10. The molecule has 1 atom stereocenters. The van der Waals surface area contributed by atoms with Crippen LogP contribution in [0.25, 0.3) is 0 Å². The minimum atomic E-state index is -4.29. The van der Waals surface area contributed by atoms with Crippen molar-refractivity contribution in [3.05, 3.63) is 47.4 Å². The summed E-state index contributed by atoms with van der Waals surface area (Å²) in [6.07, 6.45) is -1.25. The van der Waals surface area contributed by atoms with Gasteiger partial charge in [-0.15, -0.1) is 0 Å². The summed E-state index contributed by atoms with van der Waals surface area (Å²) in [6.45, 7) is 6.34. The Morgan fingerprint density at radius 2 is 1.94 bits per heavy atom. The van der Waals surface area contributed by atoms with E-state index in [2.05, 4.69) is 25.6 Å². The Labute approximate surface area is 195 Å². The van der Waals surface area contributed by atoms with Gasteiger partial charge in [0.25, 0.3) is 5.91 Å². The minimum Gasteiger partial charge on any atom is -0.485 e. The minimum absolute atomic E-state index is 0.00906. The number of aromatic nitrogens is 2. The van der Waals surface area contributed by atoms with Crippen molar-refractivity contribution in [1.29, 1.82) is 0 Å². The Balaban J connectivity index is 2.03. The molecule has 1 amide bonds. The van der Waals surface area contributed by atoms with Crippen LogP contribution in [-0.4, -0.2) is 47.3 Å². The number of hydrogen-bond acceptors (Lipinski definition) is 5. The fourth-order valence-electron chi connectivity index (χ4n) is 2.65. The first kappa shape index (κ1) is 26.8. The van der Waals surface area contributed by atoms with Crippen molar-refractivity contribution in [1.82, 2.24) is 15.3 Å². The molecule has 0 radical (unpaired) electrons. The number of amides is 1. The Morgan fingerprint density at radius 3 is 2.56 bits per heavy atom. The van der Waals surface area contributed by atoms with Crippen molar-refractivity contribution in [3.63, 3.8) is 0 Å². The highest BCUT2D eigenvalue weighted by Gasteiger charge is 2.41. The maximum absolute atomic E-state index is 13.1. The predicted molar refractivity (Wildman–Crippen MR) is 120 cm³/mol. The molecule has 2 aromatic rings. The number of ether oxygens (including phenoxy) is 1. The number of pyridine rings is 2. The second-order valence-electron chi connectivity index (χ2n) is 8.10. The average molecular weight is 484 g/mol. The number of guanidine groups is 1. The normalized spacial score (nSPS) is 13.2. The summed E-state index contributed by atoms with van der Waals surface area (Å²) < 4.78 is 55.4. The zero-order valence-corrected chi connectivity index (χ0v) is 19.3. The molecule has 1 unspecified atom stereocenters. The van der Waals surface area contributed by atoms with Gasteiger partial charge in [0.1, 0.15) is 17.3 Å². The zero-order valence-electron chi connectivity index (χ0n) is 19.3. The number of alkyl halides is 4. The van der Waals surface area contributed by atoms with E-state index < -0.39 is 30.9 Å². The summed E-state index contributed by atoms with van der Waals surface area (Å²) in [5.74, 6) is -3.90. The molecule has 0 aromatic carbocycles. The van der Waals surface area contributed by atoms with Crippen molar-refractivity contribution in [2.24, 2.45) is 16.6 Å². The first-order valence-electron chi connectivity index (χ1n) is 10.5. The van der Waals surface area contributed by atoms with E-state index in [1.54, 1.807) is 25.3 Å². The van der Waals surface area contributed by atoms with Gasteiger partial charge in [0.15, 0.2) is 12.6 Å². The molecule has 0 aliphatic heterocycles. The van der Waals surface area contributed by atoms with E-state index in [0.717, 1.165) is 11.8 Å². The SMILES string of the molecule is Cc1cc(C(=O)NC(C)c2ccnc(NC(N)=NCC(C)C)c2)ncc1OCC(F)(F)C(F)F. The Bertz CT molecular complexity index is 1020. The lowest BCUT2D eigenvalue weighted by Crippen LogP contribution is -2.34. The summed E-state index contributed by atoms with van der Waals surface area (Å²) in [5, 5.41) is 5.67. The molecule has 0 saturated heterocycles. The van der Waals surface area contributed by atoms with E-state index in [1.165, 1.54) is 13.0 Å². The number of anilines is 1. The van der Waals surface area contributed by atoms with Gasteiger partial charge in [-0.2, -0.15) is 8.78 Å². The second kappa shape index (κ2) is 11.6.